The van der Waals surface area contributed by atoms with Crippen LogP contribution in [0.25, 0.3) is 11.4 Å². The van der Waals surface area contributed by atoms with E-state index in [1.165, 1.54) is 43.2 Å². The molecule has 4 fully saturated rings. The Bertz CT molecular complexity index is 890. The largest absolute Gasteiger partial charge is 0.350 e. The SMILES string of the molecule is C[C@@H](Sc1nnc(-c2ccc(F)cc2)n1C)C(=O)NC12CC3CC(CC(C3)C1)C2. The summed E-state index contributed by atoms with van der Waals surface area (Å²) in [5.74, 6) is 2.91. The van der Waals surface area contributed by atoms with E-state index in [0.717, 1.165) is 42.6 Å². The molecule has 0 saturated heterocycles. The number of nitrogens with zero attached hydrogens (tertiary/aromatic N) is 3. The van der Waals surface area contributed by atoms with Crippen LogP contribution in [0.1, 0.15) is 45.4 Å². The van der Waals surface area contributed by atoms with Crippen LogP contribution in [0.2, 0.25) is 0 Å². The number of nitrogens with one attached hydrogen (secondary N) is 1. The van der Waals surface area contributed by atoms with E-state index in [4.69, 9.17) is 0 Å². The summed E-state index contributed by atoms with van der Waals surface area (Å²) in [7, 11) is 1.88. The molecule has 0 radical (unpaired) electrons. The predicted molar refractivity (Wildman–Crippen MR) is 111 cm³/mol. The van der Waals surface area contributed by atoms with Crippen molar-refractivity contribution < 1.29 is 9.18 Å². The smallest absolute Gasteiger partial charge is 0.233 e. The molecule has 0 unspecified atom stereocenters. The number of halogens is 1. The van der Waals surface area contributed by atoms with Gasteiger partial charge in [0.05, 0.1) is 5.25 Å². The summed E-state index contributed by atoms with van der Waals surface area (Å²) in [5.41, 5.74) is 0.832. The number of amides is 1. The first-order chi connectivity index (χ1) is 13.9. The number of hydrogen-bond donors (Lipinski definition) is 1. The van der Waals surface area contributed by atoms with Crippen LogP contribution in [0.5, 0.6) is 0 Å². The number of carbonyl (C=O) groups is 1. The lowest BCUT2D eigenvalue weighted by molar-refractivity contribution is -0.126. The Kier molecular flexibility index (Phi) is 4.68. The second-order valence-electron chi connectivity index (χ2n) is 9.32. The third-order valence-electron chi connectivity index (χ3n) is 7.02. The first-order valence-corrected chi connectivity index (χ1v) is 11.4. The summed E-state index contributed by atoms with van der Waals surface area (Å²) in [5, 5.41) is 12.4. The van der Waals surface area contributed by atoms with E-state index in [1.807, 2.05) is 18.5 Å². The minimum Gasteiger partial charge on any atom is -0.350 e. The Balaban J connectivity index is 1.27. The molecule has 1 atom stereocenters. The quantitative estimate of drug-likeness (QED) is 0.746. The molecule has 4 saturated carbocycles. The topological polar surface area (TPSA) is 59.8 Å². The van der Waals surface area contributed by atoms with Gasteiger partial charge in [0.25, 0.3) is 0 Å². The van der Waals surface area contributed by atoms with Gasteiger partial charge < -0.3 is 9.88 Å². The number of hydrogen-bond acceptors (Lipinski definition) is 4. The van der Waals surface area contributed by atoms with Gasteiger partial charge in [0.2, 0.25) is 5.91 Å². The molecule has 0 spiro atoms. The lowest BCUT2D eigenvalue weighted by Gasteiger charge is -2.57. The average Bonchev–Trinajstić information content (AvgIpc) is 3.01. The van der Waals surface area contributed by atoms with Gasteiger partial charge in [-0.1, -0.05) is 11.8 Å². The normalized spacial score (nSPS) is 31.1. The number of thioether (sulfide) groups is 1. The molecule has 2 aromatic rings. The number of rotatable bonds is 5. The Labute approximate surface area is 174 Å². The van der Waals surface area contributed by atoms with Crippen LogP contribution in [0.3, 0.4) is 0 Å². The van der Waals surface area contributed by atoms with Gasteiger partial charge in [-0.05, 0) is 87.5 Å². The highest BCUT2D eigenvalue weighted by atomic mass is 32.2. The molecule has 154 valence electrons. The van der Waals surface area contributed by atoms with Crippen molar-refractivity contribution in [2.45, 2.75) is 61.4 Å². The van der Waals surface area contributed by atoms with Crippen molar-refractivity contribution in [2.24, 2.45) is 24.8 Å². The van der Waals surface area contributed by atoms with Gasteiger partial charge in [-0.15, -0.1) is 10.2 Å². The van der Waals surface area contributed by atoms with E-state index in [1.54, 1.807) is 12.1 Å². The number of benzene rings is 1. The summed E-state index contributed by atoms with van der Waals surface area (Å²) in [6.45, 7) is 1.94. The molecule has 4 aliphatic rings. The minimum absolute atomic E-state index is 0.0276. The van der Waals surface area contributed by atoms with Gasteiger partial charge in [-0.3, -0.25) is 4.79 Å². The molecule has 1 heterocycles. The molecule has 1 amide bonds. The van der Waals surface area contributed by atoms with Gasteiger partial charge in [0.15, 0.2) is 11.0 Å². The second kappa shape index (κ2) is 7.11. The molecular weight excluding hydrogens is 387 g/mol. The van der Waals surface area contributed by atoms with Crippen LogP contribution >= 0.6 is 11.8 Å². The molecule has 4 bridgehead atoms. The monoisotopic (exact) mass is 414 g/mol. The molecule has 0 aliphatic heterocycles. The van der Waals surface area contributed by atoms with E-state index in [-0.39, 0.29) is 22.5 Å². The first kappa shape index (κ1) is 19.1. The average molecular weight is 415 g/mol. The predicted octanol–water partition coefficient (Wildman–Crippen LogP) is 4.19. The van der Waals surface area contributed by atoms with Crippen molar-refractivity contribution in [1.29, 1.82) is 0 Å². The van der Waals surface area contributed by atoms with Gasteiger partial charge in [0, 0.05) is 18.2 Å². The van der Waals surface area contributed by atoms with Crippen LogP contribution < -0.4 is 5.32 Å². The van der Waals surface area contributed by atoms with Crippen LogP contribution in [0.4, 0.5) is 4.39 Å². The molecule has 5 nitrogen and oxygen atoms in total. The van der Waals surface area contributed by atoms with Crippen LogP contribution in [0.15, 0.2) is 29.4 Å². The van der Waals surface area contributed by atoms with E-state index in [9.17, 15) is 9.18 Å². The Hall–Kier alpha value is -1.89. The Morgan fingerprint density at radius 2 is 1.72 bits per heavy atom. The molecule has 1 aromatic heterocycles. The standard InChI is InChI=1S/C22H27FN4OS/c1-13(20(28)24-22-10-14-7-15(11-22)9-16(8-14)12-22)29-21-26-25-19(27(21)2)17-3-5-18(23)6-4-17/h3-6,13-16H,7-12H2,1-2H3,(H,24,28)/t13-,14?,15?,16?,22?/m1/s1. The highest BCUT2D eigenvalue weighted by molar-refractivity contribution is 8.00. The maximum absolute atomic E-state index is 13.2. The zero-order chi connectivity index (χ0) is 20.2. The summed E-state index contributed by atoms with van der Waals surface area (Å²) in [4.78, 5) is 13.0. The van der Waals surface area contributed by atoms with Gasteiger partial charge in [0.1, 0.15) is 5.82 Å². The van der Waals surface area contributed by atoms with Crippen LogP contribution in [-0.2, 0) is 11.8 Å². The van der Waals surface area contributed by atoms with E-state index in [2.05, 4.69) is 15.5 Å². The molecule has 29 heavy (non-hydrogen) atoms. The summed E-state index contributed by atoms with van der Waals surface area (Å²) < 4.78 is 15.1. The first-order valence-electron chi connectivity index (χ1n) is 10.5. The number of carbonyl (C=O) groups excluding carboxylic acids is 1. The van der Waals surface area contributed by atoms with E-state index < -0.39 is 0 Å². The fraction of sp³-hybridized carbons (Fsp3) is 0.591. The third-order valence-corrected chi connectivity index (χ3v) is 8.15. The van der Waals surface area contributed by atoms with Crippen molar-refractivity contribution in [3.8, 4) is 11.4 Å². The molecule has 7 heteroatoms. The molecule has 1 N–H and O–H groups in total. The van der Waals surface area contributed by atoms with Crippen LogP contribution in [0, 0.1) is 23.6 Å². The Morgan fingerprint density at radius 1 is 1.14 bits per heavy atom. The molecule has 4 aliphatic carbocycles. The highest BCUT2D eigenvalue weighted by Gasteiger charge is 2.51. The third kappa shape index (κ3) is 3.58. The van der Waals surface area contributed by atoms with Gasteiger partial charge in [-0.2, -0.15) is 0 Å². The van der Waals surface area contributed by atoms with Crippen LogP contribution in [-0.4, -0.2) is 31.5 Å². The zero-order valence-electron chi connectivity index (χ0n) is 16.9. The van der Waals surface area contributed by atoms with Crippen molar-refractivity contribution in [3.05, 3.63) is 30.1 Å². The van der Waals surface area contributed by atoms with E-state index >= 15 is 0 Å². The summed E-state index contributed by atoms with van der Waals surface area (Å²) in [6, 6.07) is 6.21. The van der Waals surface area contributed by atoms with E-state index in [0.29, 0.717) is 11.0 Å². The molecule has 6 rings (SSSR count). The second-order valence-corrected chi connectivity index (χ2v) is 10.6. The highest BCUT2D eigenvalue weighted by Crippen LogP contribution is 2.55. The van der Waals surface area contributed by atoms with Crippen molar-refractivity contribution >= 4 is 17.7 Å². The lowest BCUT2D eigenvalue weighted by Crippen LogP contribution is -2.60. The maximum Gasteiger partial charge on any atom is 0.233 e. The van der Waals surface area contributed by atoms with Gasteiger partial charge in [-0.25, -0.2) is 4.39 Å². The molecular formula is C22H27FN4OS. The Morgan fingerprint density at radius 3 is 2.31 bits per heavy atom. The molecule has 1 aromatic carbocycles. The van der Waals surface area contributed by atoms with Crippen molar-refractivity contribution in [3.63, 3.8) is 0 Å². The summed E-state index contributed by atoms with van der Waals surface area (Å²) in [6.07, 6.45) is 7.56. The van der Waals surface area contributed by atoms with Crippen molar-refractivity contribution in [2.75, 3.05) is 0 Å². The van der Waals surface area contributed by atoms with Gasteiger partial charge >= 0.3 is 0 Å². The fourth-order valence-electron chi connectivity index (χ4n) is 6.11. The minimum atomic E-state index is -0.277. The van der Waals surface area contributed by atoms with Crippen molar-refractivity contribution in [1.82, 2.24) is 20.1 Å². The maximum atomic E-state index is 13.2. The zero-order valence-corrected chi connectivity index (χ0v) is 17.7. The number of aromatic nitrogens is 3. The lowest BCUT2D eigenvalue weighted by atomic mass is 9.53. The fourth-order valence-corrected chi connectivity index (χ4v) is 6.92. The summed E-state index contributed by atoms with van der Waals surface area (Å²) >= 11 is 1.43.